The third-order valence-electron chi connectivity index (χ3n) is 3.62. The Labute approximate surface area is 187 Å². The van der Waals surface area contributed by atoms with E-state index in [9.17, 15) is 14.7 Å². The summed E-state index contributed by atoms with van der Waals surface area (Å²) in [4.78, 5) is 26.1. The van der Waals surface area contributed by atoms with Crippen molar-refractivity contribution >= 4 is 79.1 Å². The zero-order valence-electron chi connectivity index (χ0n) is 13.6. The molecule has 2 aromatic rings. The molecule has 0 unspecified atom stereocenters. The van der Waals surface area contributed by atoms with Crippen LogP contribution in [-0.4, -0.2) is 34.3 Å². The van der Waals surface area contributed by atoms with Crippen LogP contribution in [0.15, 0.2) is 45.8 Å². The molecule has 9 heteroatoms. The molecule has 0 radical (unpaired) electrons. The highest BCUT2D eigenvalue weighted by atomic mass is 127. The van der Waals surface area contributed by atoms with Crippen LogP contribution in [0.4, 0.5) is 4.79 Å². The summed E-state index contributed by atoms with van der Waals surface area (Å²) in [6.45, 7) is 0.305. The maximum atomic E-state index is 12.5. The summed E-state index contributed by atoms with van der Waals surface area (Å²) in [5, 5.41) is 10.4. The first-order valence-electron chi connectivity index (χ1n) is 7.67. The van der Waals surface area contributed by atoms with Crippen molar-refractivity contribution in [1.29, 1.82) is 0 Å². The van der Waals surface area contributed by atoms with Crippen molar-refractivity contribution in [2.24, 2.45) is 0 Å². The van der Waals surface area contributed by atoms with Crippen molar-refractivity contribution in [2.45, 2.75) is 0 Å². The van der Waals surface area contributed by atoms with Crippen LogP contribution in [0.5, 0.6) is 11.5 Å². The molecule has 0 spiro atoms. The number of thioether (sulfide) groups is 1. The van der Waals surface area contributed by atoms with Gasteiger partial charge in [-0.25, -0.2) is 0 Å². The van der Waals surface area contributed by atoms with Gasteiger partial charge in [-0.05, 0) is 76.8 Å². The van der Waals surface area contributed by atoms with Gasteiger partial charge >= 0.3 is 0 Å². The van der Waals surface area contributed by atoms with E-state index in [1.54, 1.807) is 36.4 Å². The van der Waals surface area contributed by atoms with E-state index < -0.39 is 5.91 Å². The van der Waals surface area contributed by atoms with E-state index in [1.807, 2.05) is 22.6 Å². The second kappa shape index (κ2) is 8.85. The molecule has 2 amide bonds. The van der Waals surface area contributed by atoms with E-state index in [-0.39, 0.29) is 29.0 Å². The Bertz CT molecular complexity index is 936. The number of carbonyl (C=O) groups excluding carboxylic acids is 2. The highest BCUT2D eigenvalue weighted by Crippen LogP contribution is 2.36. The minimum atomic E-state index is -0.404. The average molecular weight is 581 g/mol. The van der Waals surface area contributed by atoms with Crippen LogP contribution in [0.25, 0.3) is 6.08 Å². The van der Waals surface area contributed by atoms with Gasteiger partial charge in [0.2, 0.25) is 0 Å². The fraction of sp³-hybridized carbons (Fsp3) is 0.111. The summed E-state index contributed by atoms with van der Waals surface area (Å²) in [6, 6.07) is 10.3. The van der Waals surface area contributed by atoms with Crippen LogP contribution in [0.1, 0.15) is 5.56 Å². The number of benzene rings is 2. The van der Waals surface area contributed by atoms with Gasteiger partial charge in [0, 0.05) is 15.1 Å². The molecule has 2 aromatic carbocycles. The monoisotopic (exact) mass is 579 g/mol. The van der Waals surface area contributed by atoms with E-state index >= 15 is 0 Å². The first kappa shape index (κ1) is 20.5. The molecule has 0 atom stereocenters. The molecule has 0 aromatic heterocycles. The second-order valence-electron chi connectivity index (χ2n) is 5.46. The number of halogens is 3. The summed E-state index contributed by atoms with van der Waals surface area (Å²) in [5.74, 6) is 0.270. The van der Waals surface area contributed by atoms with Crippen LogP contribution in [0.2, 0.25) is 5.02 Å². The first-order valence-corrected chi connectivity index (χ1v) is 10.7. The lowest BCUT2D eigenvalue weighted by atomic mass is 10.2. The van der Waals surface area contributed by atoms with Gasteiger partial charge in [-0.15, -0.1) is 0 Å². The van der Waals surface area contributed by atoms with Crippen LogP contribution in [-0.2, 0) is 4.79 Å². The number of rotatable bonds is 5. The van der Waals surface area contributed by atoms with E-state index in [0.717, 1.165) is 21.1 Å². The van der Waals surface area contributed by atoms with Crippen LogP contribution in [0.3, 0.4) is 0 Å². The molecular weight excluding hydrogens is 569 g/mol. The lowest BCUT2D eigenvalue weighted by Crippen LogP contribution is -2.32. The zero-order valence-corrected chi connectivity index (χ0v) is 18.9. The van der Waals surface area contributed by atoms with E-state index in [2.05, 4.69) is 15.9 Å². The Hall–Kier alpha value is -1.23. The SMILES string of the molecule is O=C1S/C(=C\c2cc(Br)cc(I)c2O)C(=O)N1CCOc1ccc(Cl)cc1. The summed E-state index contributed by atoms with van der Waals surface area (Å²) < 4.78 is 6.96. The number of nitrogens with zero attached hydrogens (tertiary/aromatic N) is 1. The Kier molecular flexibility index (Phi) is 6.72. The largest absolute Gasteiger partial charge is 0.506 e. The molecule has 1 fully saturated rings. The molecule has 0 bridgehead atoms. The number of phenols is 1. The molecule has 1 heterocycles. The number of amides is 2. The number of imide groups is 1. The van der Waals surface area contributed by atoms with Gasteiger partial charge in [-0.2, -0.15) is 0 Å². The van der Waals surface area contributed by atoms with Crippen molar-refractivity contribution in [2.75, 3.05) is 13.2 Å². The third kappa shape index (κ3) is 4.98. The van der Waals surface area contributed by atoms with Crippen LogP contribution < -0.4 is 4.74 Å². The summed E-state index contributed by atoms with van der Waals surface area (Å²) in [6.07, 6.45) is 1.52. The first-order chi connectivity index (χ1) is 12.8. The van der Waals surface area contributed by atoms with E-state index in [0.29, 0.717) is 19.9 Å². The second-order valence-corrected chi connectivity index (χ2v) is 8.97. The lowest BCUT2D eigenvalue weighted by Gasteiger charge is -2.13. The van der Waals surface area contributed by atoms with Gasteiger partial charge in [0.15, 0.2) is 0 Å². The lowest BCUT2D eigenvalue weighted by molar-refractivity contribution is -0.123. The maximum absolute atomic E-state index is 12.5. The normalized spacial score (nSPS) is 15.7. The number of ether oxygens (including phenoxy) is 1. The quantitative estimate of drug-likeness (QED) is 0.372. The maximum Gasteiger partial charge on any atom is 0.293 e. The third-order valence-corrected chi connectivity index (χ3v) is 6.05. The number of phenolic OH excluding ortho intramolecular Hbond substituents is 1. The predicted octanol–water partition coefficient (Wildman–Crippen LogP) is 5.53. The molecule has 140 valence electrons. The van der Waals surface area contributed by atoms with Crippen molar-refractivity contribution in [3.8, 4) is 11.5 Å². The summed E-state index contributed by atoms with van der Waals surface area (Å²) >= 11 is 12.0. The molecule has 0 saturated carbocycles. The molecule has 1 aliphatic rings. The van der Waals surface area contributed by atoms with Gasteiger partial charge in [0.05, 0.1) is 15.0 Å². The van der Waals surface area contributed by atoms with Crippen molar-refractivity contribution < 1.29 is 19.4 Å². The van der Waals surface area contributed by atoms with E-state index in [1.165, 1.54) is 6.08 Å². The highest BCUT2D eigenvalue weighted by Gasteiger charge is 2.35. The number of hydrogen-bond donors (Lipinski definition) is 1. The smallest absolute Gasteiger partial charge is 0.293 e. The fourth-order valence-corrected chi connectivity index (χ4v) is 4.85. The Morgan fingerprint density at radius 2 is 1.96 bits per heavy atom. The van der Waals surface area contributed by atoms with Crippen molar-refractivity contribution in [3.63, 3.8) is 0 Å². The van der Waals surface area contributed by atoms with Gasteiger partial charge in [-0.1, -0.05) is 27.5 Å². The molecule has 1 saturated heterocycles. The number of aromatic hydroxyl groups is 1. The minimum Gasteiger partial charge on any atom is -0.506 e. The molecule has 27 heavy (non-hydrogen) atoms. The Morgan fingerprint density at radius 1 is 1.26 bits per heavy atom. The molecule has 1 N–H and O–H groups in total. The number of carbonyl (C=O) groups is 2. The predicted molar refractivity (Wildman–Crippen MR) is 118 cm³/mol. The Morgan fingerprint density at radius 3 is 2.67 bits per heavy atom. The van der Waals surface area contributed by atoms with E-state index in [4.69, 9.17) is 16.3 Å². The Balaban J connectivity index is 1.69. The fourth-order valence-electron chi connectivity index (χ4n) is 2.32. The average Bonchev–Trinajstić information content (AvgIpc) is 2.88. The minimum absolute atomic E-state index is 0.0664. The molecule has 5 nitrogen and oxygen atoms in total. The molecule has 3 rings (SSSR count). The van der Waals surface area contributed by atoms with Gasteiger partial charge in [-0.3, -0.25) is 14.5 Å². The summed E-state index contributed by atoms with van der Waals surface area (Å²) in [5.41, 5.74) is 0.469. The van der Waals surface area contributed by atoms with Crippen LogP contribution in [0, 0.1) is 3.57 Å². The van der Waals surface area contributed by atoms with Crippen LogP contribution >= 0.6 is 61.9 Å². The zero-order chi connectivity index (χ0) is 19.6. The van der Waals surface area contributed by atoms with Crippen molar-refractivity contribution in [1.82, 2.24) is 4.90 Å². The van der Waals surface area contributed by atoms with Gasteiger partial charge < -0.3 is 9.84 Å². The molecule has 1 aliphatic heterocycles. The number of hydrogen-bond acceptors (Lipinski definition) is 5. The molecular formula is C18H12BrClINO4S. The highest BCUT2D eigenvalue weighted by molar-refractivity contribution is 14.1. The topological polar surface area (TPSA) is 66.8 Å². The standard InChI is InChI=1S/C18H12BrClINO4S/c19-11-7-10(16(23)14(21)9-11)8-15-17(24)22(18(25)27-15)5-6-26-13-3-1-12(20)2-4-13/h1-4,7-9,23H,5-6H2/b15-8-. The van der Waals surface area contributed by atoms with Gasteiger partial charge in [0.1, 0.15) is 18.1 Å². The summed E-state index contributed by atoms with van der Waals surface area (Å²) in [7, 11) is 0. The molecule has 0 aliphatic carbocycles. The van der Waals surface area contributed by atoms with Gasteiger partial charge in [0.25, 0.3) is 11.1 Å². The van der Waals surface area contributed by atoms with Crippen molar-refractivity contribution in [3.05, 3.63) is 59.9 Å².